The summed E-state index contributed by atoms with van der Waals surface area (Å²) in [5.74, 6) is 0.262. The molecule has 1 aromatic rings. The molecular weight excluding hydrogens is 361 g/mol. The van der Waals surface area contributed by atoms with Crippen molar-refractivity contribution in [2.24, 2.45) is 0 Å². The highest BCUT2D eigenvalue weighted by molar-refractivity contribution is 14.1. The quantitative estimate of drug-likeness (QED) is 0.739. The Bertz CT molecular complexity index is 474. The van der Waals surface area contributed by atoms with Crippen LogP contribution in [0.2, 0.25) is 0 Å². The van der Waals surface area contributed by atoms with Crippen LogP contribution in [0.3, 0.4) is 0 Å². The molecule has 0 saturated carbocycles. The van der Waals surface area contributed by atoms with E-state index in [0.29, 0.717) is 6.42 Å². The Hall–Kier alpha value is -0.140. The van der Waals surface area contributed by atoms with E-state index < -0.39 is 9.84 Å². The van der Waals surface area contributed by atoms with Gasteiger partial charge in [0.1, 0.15) is 9.84 Å². The molecule has 1 aromatic carbocycles. The van der Waals surface area contributed by atoms with Crippen molar-refractivity contribution in [3.05, 3.63) is 33.4 Å². The highest BCUT2D eigenvalue weighted by Crippen LogP contribution is 2.23. The second kappa shape index (κ2) is 7.45. The number of rotatable bonds is 7. The fraction of sp³-hybridized carbons (Fsp3) is 0.538. The summed E-state index contributed by atoms with van der Waals surface area (Å²) in [6.45, 7) is 2.95. The highest BCUT2D eigenvalue weighted by atomic mass is 127. The van der Waals surface area contributed by atoms with E-state index in [0.717, 1.165) is 13.0 Å². The van der Waals surface area contributed by atoms with Gasteiger partial charge in [0.05, 0.1) is 0 Å². The Kier molecular flexibility index (Phi) is 6.59. The Labute approximate surface area is 123 Å². The van der Waals surface area contributed by atoms with E-state index in [-0.39, 0.29) is 11.8 Å². The van der Waals surface area contributed by atoms with Crippen LogP contribution in [0.4, 0.5) is 0 Å². The van der Waals surface area contributed by atoms with E-state index in [2.05, 4.69) is 47.0 Å². The first-order valence-electron chi connectivity index (χ1n) is 6.09. The van der Waals surface area contributed by atoms with Crippen molar-refractivity contribution in [3.8, 4) is 0 Å². The SMILES string of the molecule is CCNC(CCCS(C)(=O)=O)c1ccccc1I. The molecule has 5 heteroatoms. The maximum absolute atomic E-state index is 11.2. The minimum atomic E-state index is -2.86. The van der Waals surface area contributed by atoms with E-state index in [4.69, 9.17) is 0 Å². The second-order valence-electron chi connectivity index (χ2n) is 4.40. The molecule has 0 aliphatic carbocycles. The lowest BCUT2D eigenvalue weighted by Gasteiger charge is -2.19. The van der Waals surface area contributed by atoms with Crippen LogP contribution in [0.25, 0.3) is 0 Å². The van der Waals surface area contributed by atoms with Crippen LogP contribution < -0.4 is 5.32 Å². The van der Waals surface area contributed by atoms with Crippen molar-refractivity contribution in [3.63, 3.8) is 0 Å². The smallest absolute Gasteiger partial charge is 0.147 e. The number of hydrogen-bond acceptors (Lipinski definition) is 3. The zero-order chi connectivity index (χ0) is 13.6. The van der Waals surface area contributed by atoms with Crippen LogP contribution in [-0.4, -0.2) is 27.0 Å². The third-order valence-electron chi connectivity index (χ3n) is 2.74. The third kappa shape index (κ3) is 5.67. The number of sulfone groups is 1. The molecule has 1 rings (SSSR count). The van der Waals surface area contributed by atoms with Gasteiger partial charge in [0.2, 0.25) is 0 Å². The summed E-state index contributed by atoms with van der Waals surface area (Å²) >= 11 is 2.32. The van der Waals surface area contributed by atoms with Gasteiger partial charge >= 0.3 is 0 Å². The number of hydrogen-bond donors (Lipinski definition) is 1. The first kappa shape index (κ1) is 15.9. The Morgan fingerprint density at radius 3 is 2.56 bits per heavy atom. The van der Waals surface area contributed by atoms with Gasteiger partial charge in [0, 0.05) is 21.6 Å². The lowest BCUT2D eigenvalue weighted by atomic mass is 10.0. The normalized spacial score (nSPS) is 13.5. The summed E-state index contributed by atoms with van der Waals surface area (Å²) < 4.78 is 23.5. The van der Waals surface area contributed by atoms with Gasteiger partial charge in [-0.15, -0.1) is 0 Å². The van der Waals surface area contributed by atoms with Crippen LogP contribution >= 0.6 is 22.6 Å². The molecule has 0 heterocycles. The first-order valence-corrected chi connectivity index (χ1v) is 9.23. The van der Waals surface area contributed by atoms with E-state index in [1.54, 1.807) is 0 Å². The zero-order valence-corrected chi connectivity index (χ0v) is 13.8. The van der Waals surface area contributed by atoms with Crippen molar-refractivity contribution < 1.29 is 8.42 Å². The van der Waals surface area contributed by atoms with E-state index in [1.165, 1.54) is 15.4 Å². The summed E-state index contributed by atoms with van der Waals surface area (Å²) in [5.41, 5.74) is 1.26. The predicted octanol–water partition coefficient (Wildman–Crippen LogP) is 2.77. The number of nitrogens with one attached hydrogen (secondary N) is 1. The molecule has 0 bridgehead atoms. The highest BCUT2D eigenvalue weighted by Gasteiger charge is 2.13. The molecule has 0 fully saturated rings. The molecule has 102 valence electrons. The fourth-order valence-electron chi connectivity index (χ4n) is 1.92. The molecule has 18 heavy (non-hydrogen) atoms. The van der Waals surface area contributed by atoms with Gasteiger partial charge in [-0.3, -0.25) is 0 Å². The Balaban J connectivity index is 2.69. The van der Waals surface area contributed by atoms with E-state index in [9.17, 15) is 8.42 Å². The molecule has 0 aliphatic heterocycles. The van der Waals surface area contributed by atoms with Crippen molar-refractivity contribution in [2.75, 3.05) is 18.6 Å². The summed E-state index contributed by atoms with van der Waals surface area (Å²) in [5, 5.41) is 3.43. The van der Waals surface area contributed by atoms with Gasteiger partial charge < -0.3 is 5.32 Å². The summed E-state index contributed by atoms with van der Waals surface area (Å²) in [7, 11) is -2.86. The van der Waals surface area contributed by atoms with E-state index in [1.807, 2.05) is 12.1 Å². The van der Waals surface area contributed by atoms with Crippen LogP contribution in [-0.2, 0) is 9.84 Å². The molecule has 3 nitrogen and oxygen atoms in total. The van der Waals surface area contributed by atoms with Crippen molar-refractivity contribution >= 4 is 32.4 Å². The third-order valence-corrected chi connectivity index (χ3v) is 4.75. The van der Waals surface area contributed by atoms with Crippen molar-refractivity contribution in [1.29, 1.82) is 0 Å². The zero-order valence-electron chi connectivity index (χ0n) is 10.8. The molecular formula is C13H20INO2S. The Morgan fingerprint density at radius 2 is 2.00 bits per heavy atom. The predicted molar refractivity (Wildman–Crippen MR) is 84.5 cm³/mol. The van der Waals surface area contributed by atoms with Gasteiger partial charge in [-0.1, -0.05) is 25.1 Å². The monoisotopic (exact) mass is 381 g/mol. The van der Waals surface area contributed by atoms with Crippen LogP contribution in [0.15, 0.2) is 24.3 Å². The molecule has 1 N–H and O–H groups in total. The van der Waals surface area contributed by atoms with E-state index >= 15 is 0 Å². The second-order valence-corrected chi connectivity index (χ2v) is 7.83. The summed E-state index contributed by atoms with van der Waals surface area (Å²) in [6, 6.07) is 8.47. The number of benzene rings is 1. The molecule has 1 unspecified atom stereocenters. The fourth-order valence-corrected chi connectivity index (χ4v) is 3.38. The minimum Gasteiger partial charge on any atom is -0.310 e. The molecule has 0 saturated heterocycles. The van der Waals surface area contributed by atoms with Gasteiger partial charge in [-0.25, -0.2) is 8.42 Å². The topological polar surface area (TPSA) is 46.2 Å². The summed E-state index contributed by atoms with van der Waals surface area (Å²) in [6.07, 6.45) is 2.84. The average molecular weight is 381 g/mol. The van der Waals surface area contributed by atoms with Crippen molar-refractivity contribution in [1.82, 2.24) is 5.32 Å². The first-order chi connectivity index (χ1) is 8.44. The molecule has 0 aromatic heterocycles. The van der Waals surface area contributed by atoms with Gasteiger partial charge in [0.15, 0.2) is 0 Å². The van der Waals surface area contributed by atoms with Gasteiger partial charge in [-0.2, -0.15) is 0 Å². The largest absolute Gasteiger partial charge is 0.310 e. The molecule has 0 spiro atoms. The van der Waals surface area contributed by atoms with Crippen molar-refractivity contribution in [2.45, 2.75) is 25.8 Å². The maximum atomic E-state index is 11.2. The Morgan fingerprint density at radius 1 is 1.33 bits per heavy atom. The van der Waals surface area contributed by atoms with Gasteiger partial charge in [-0.05, 0) is 53.6 Å². The number of halogens is 1. The van der Waals surface area contributed by atoms with Crippen LogP contribution in [0.5, 0.6) is 0 Å². The van der Waals surface area contributed by atoms with Crippen LogP contribution in [0, 0.1) is 3.57 Å². The molecule has 1 atom stereocenters. The average Bonchev–Trinajstić information content (AvgIpc) is 2.27. The lowest BCUT2D eigenvalue weighted by Crippen LogP contribution is -2.22. The molecule has 0 aliphatic rings. The molecule has 0 radical (unpaired) electrons. The standard InChI is InChI=1S/C13H20INO2S/c1-3-15-13(9-6-10-18(2,16)17)11-7-4-5-8-12(11)14/h4-5,7-8,13,15H,3,6,9-10H2,1-2H3. The lowest BCUT2D eigenvalue weighted by molar-refractivity contribution is 0.505. The minimum absolute atomic E-state index is 0.241. The van der Waals surface area contributed by atoms with Crippen LogP contribution in [0.1, 0.15) is 31.4 Å². The van der Waals surface area contributed by atoms with Gasteiger partial charge in [0.25, 0.3) is 0 Å². The summed E-state index contributed by atoms with van der Waals surface area (Å²) in [4.78, 5) is 0. The molecule has 0 amide bonds. The maximum Gasteiger partial charge on any atom is 0.147 e.